The van der Waals surface area contributed by atoms with Crippen LogP contribution in [0.3, 0.4) is 0 Å². The number of aliphatic hydroxyl groups is 1. The second-order valence-corrected chi connectivity index (χ2v) is 5.30. The van der Waals surface area contributed by atoms with Crippen molar-refractivity contribution in [3.8, 4) is 11.5 Å². The smallest absolute Gasteiger partial charge is 0.231 e. The van der Waals surface area contributed by atoms with Gasteiger partial charge in [-0.05, 0) is 46.0 Å². The first kappa shape index (κ1) is 12.7. The first-order valence-electron chi connectivity index (χ1n) is 5.90. The van der Waals surface area contributed by atoms with Gasteiger partial charge in [-0.15, -0.1) is 0 Å². The highest BCUT2D eigenvalue weighted by atomic mass is 79.9. The summed E-state index contributed by atoms with van der Waals surface area (Å²) in [6.07, 6.45) is 1.62. The Morgan fingerprint density at radius 3 is 2.88 bits per heavy atom. The van der Waals surface area contributed by atoms with Crippen LogP contribution in [-0.2, 0) is 0 Å². The number of halogens is 1. The number of rotatable bonds is 4. The molecule has 0 aromatic heterocycles. The second kappa shape index (κ2) is 5.27. The zero-order valence-electron chi connectivity index (χ0n) is 10.1. The Labute approximate surface area is 110 Å². The minimum Gasteiger partial charge on any atom is -0.454 e. The lowest BCUT2D eigenvalue weighted by atomic mass is 9.93. The van der Waals surface area contributed by atoms with Crippen molar-refractivity contribution in [2.45, 2.75) is 32.8 Å². The van der Waals surface area contributed by atoms with Gasteiger partial charge in [0.25, 0.3) is 0 Å². The molecule has 1 aliphatic heterocycles. The van der Waals surface area contributed by atoms with E-state index in [1.807, 2.05) is 12.1 Å². The van der Waals surface area contributed by atoms with E-state index in [1.165, 1.54) is 0 Å². The van der Waals surface area contributed by atoms with Gasteiger partial charge in [-0.1, -0.05) is 20.3 Å². The van der Waals surface area contributed by atoms with Crippen LogP contribution < -0.4 is 9.47 Å². The van der Waals surface area contributed by atoms with E-state index in [1.54, 1.807) is 0 Å². The Hall–Kier alpha value is -0.740. The van der Waals surface area contributed by atoms with Gasteiger partial charge in [0.1, 0.15) is 0 Å². The fourth-order valence-corrected chi connectivity index (χ4v) is 2.67. The Morgan fingerprint density at radius 2 is 2.18 bits per heavy atom. The van der Waals surface area contributed by atoms with Crippen molar-refractivity contribution >= 4 is 15.9 Å². The fraction of sp³-hybridized carbons (Fsp3) is 0.538. The lowest BCUT2D eigenvalue weighted by Gasteiger charge is -2.19. The van der Waals surface area contributed by atoms with Gasteiger partial charge in [-0.2, -0.15) is 0 Å². The van der Waals surface area contributed by atoms with Crippen LogP contribution in [0.15, 0.2) is 16.6 Å². The van der Waals surface area contributed by atoms with Crippen LogP contribution >= 0.6 is 15.9 Å². The van der Waals surface area contributed by atoms with Gasteiger partial charge in [0.05, 0.1) is 10.6 Å². The second-order valence-electron chi connectivity index (χ2n) is 4.45. The molecule has 1 aliphatic rings. The van der Waals surface area contributed by atoms with E-state index in [0.29, 0.717) is 5.75 Å². The minimum absolute atomic E-state index is 0.243. The average molecular weight is 301 g/mol. The Balaban J connectivity index is 2.24. The van der Waals surface area contributed by atoms with E-state index >= 15 is 0 Å². The summed E-state index contributed by atoms with van der Waals surface area (Å²) >= 11 is 3.44. The van der Waals surface area contributed by atoms with Crippen LogP contribution in [0.5, 0.6) is 11.5 Å². The van der Waals surface area contributed by atoms with Gasteiger partial charge in [-0.25, -0.2) is 0 Å². The molecule has 0 bridgehead atoms. The standard InChI is InChI=1S/C13H17BrO3/c1-3-4-8(2)12(15)9-5-10(14)13-11(6-9)16-7-17-13/h5-6,8,12,15H,3-4,7H2,1-2H3. The lowest BCUT2D eigenvalue weighted by molar-refractivity contribution is 0.112. The molecule has 94 valence electrons. The predicted molar refractivity (Wildman–Crippen MR) is 69.3 cm³/mol. The summed E-state index contributed by atoms with van der Waals surface area (Å²) in [5, 5.41) is 10.3. The number of hydrogen-bond acceptors (Lipinski definition) is 3. The summed E-state index contributed by atoms with van der Waals surface area (Å²) in [5.74, 6) is 1.67. The molecule has 17 heavy (non-hydrogen) atoms. The monoisotopic (exact) mass is 300 g/mol. The SMILES string of the molecule is CCCC(C)C(O)c1cc(Br)c2c(c1)OCO2. The molecule has 1 N–H and O–H groups in total. The normalized spacial score (nSPS) is 16.9. The average Bonchev–Trinajstić information content (AvgIpc) is 2.77. The van der Waals surface area contributed by atoms with Crippen molar-refractivity contribution in [3.63, 3.8) is 0 Å². The molecular formula is C13H17BrO3. The molecule has 0 radical (unpaired) electrons. The molecule has 1 aromatic carbocycles. The number of ether oxygens (including phenoxy) is 2. The maximum absolute atomic E-state index is 10.3. The topological polar surface area (TPSA) is 38.7 Å². The maximum Gasteiger partial charge on any atom is 0.231 e. The Morgan fingerprint density at radius 1 is 1.41 bits per heavy atom. The molecular weight excluding hydrogens is 284 g/mol. The van der Waals surface area contributed by atoms with E-state index in [4.69, 9.17) is 9.47 Å². The van der Waals surface area contributed by atoms with Gasteiger partial charge in [-0.3, -0.25) is 0 Å². The summed E-state index contributed by atoms with van der Waals surface area (Å²) in [4.78, 5) is 0. The van der Waals surface area contributed by atoms with E-state index in [0.717, 1.165) is 28.6 Å². The summed E-state index contributed by atoms with van der Waals surface area (Å²) in [6, 6.07) is 3.77. The quantitative estimate of drug-likeness (QED) is 0.922. The largest absolute Gasteiger partial charge is 0.454 e. The first-order chi connectivity index (χ1) is 8.13. The third-order valence-corrected chi connectivity index (χ3v) is 3.66. The third-order valence-electron chi connectivity index (χ3n) is 3.07. The highest BCUT2D eigenvalue weighted by molar-refractivity contribution is 9.10. The van der Waals surface area contributed by atoms with Gasteiger partial charge in [0.15, 0.2) is 11.5 Å². The van der Waals surface area contributed by atoms with Gasteiger partial charge >= 0.3 is 0 Å². The molecule has 4 heteroatoms. The van der Waals surface area contributed by atoms with Gasteiger partial charge in [0, 0.05) is 0 Å². The molecule has 2 rings (SSSR count). The van der Waals surface area contributed by atoms with Gasteiger partial charge < -0.3 is 14.6 Å². The predicted octanol–water partition coefficient (Wildman–Crippen LogP) is 3.65. The molecule has 0 saturated heterocycles. The summed E-state index contributed by atoms with van der Waals surface area (Å²) in [7, 11) is 0. The Kier molecular flexibility index (Phi) is 3.94. The van der Waals surface area contributed by atoms with Crippen LogP contribution in [0.25, 0.3) is 0 Å². The molecule has 3 nitrogen and oxygen atoms in total. The molecule has 2 unspecified atom stereocenters. The maximum atomic E-state index is 10.3. The number of benzene rings is 1. The zero-order chi connectivity index (χ0) is 12.4. The van der Waals surface area contributed by atoms with Crippen LogP contribution in [0.4, 0.5) is 0 Å². The molecule has 1 aromatic rings. The summed E-state index contributed by atoms with van der Waals surface area (Å²) in [6.45, 7) is 4.43. The van der Waals surface area contributed by atoms with Crippen molar-refractivity contribution in [1.82, 2.24) is 0 Å². The van der Waals surface area contributed by atoms with E-state index < -0.39 is 6.10 Å². The van der Waals surface area contributed by atoms with E-state index in [-0.39, 0.29) is 12.7 Å². The highest BCUT2D eigenvalue weighted by Crippen LogP contribution is 2.42. The molecule has 0 fully saturated rings. The first-order valence-corrected chi connectivity index (χ1v) is 6.70. The molecule has 0 aliphatic carbocycles. The van der Waals surface area contributed by atoms with Crippen molar-refractivity contribution in [2.75, 3.05) is 6.79 Å². The molecule has 1 heterocycles. The molecule has 0 saturated carbocycles. The lowest BCUT2D eigenvalue weighted by Crippen LogP contribution is -2.09. The van der Waals surface area contributed by atoms with Crippen LogP contribution in [0, 0.1) is 5.92 Å². The number of fused-ring (bicyclic) bond motifs is 1. The number of aliphatic hydroxyl groups excluding tert-OH is 1. The zero-order valence-corrected chi connectivity index (χ0v) is 11.7. The van der Waals surface area contributed by atoms with Gasteiger partial charge in [0.2, 0.25) is 6.79 Å². The fourth-order valence-electron chi connectivity index (χ4n) is 2.10. The highest BCUT2D eigenvalue weighted by Gasteiger charge is 2.22. The van der Waals surface area contributed by atoms with Crippen molar-refractivity contribution in [2.24, 2.45) is 5.92 Å². The van der Waals surface area contributed by atoms with Crippen molar-refractivity contribution < 1.29 is 14.6 Å². The van der Waals surface area contributed by atoms with Crippen LogP contribution in [-0.4, -0.2) is 11.9 Å². The Bertz CT molecular complexity index is 406. The van der Waals surface area contributed by atoms with Crippen LogP contribution in [0.2, 0.25) is 0 Å². The van der Waals surface area contributed by atoms with Crippen LogP contribution in [0.1, 0.15) is 38.4 Å². The molecule has 0 amide bonds. The summed E-state index contributed by atoms with van der Waals surface area (Å²) < 4.78 is 11.5. The third kappa shape index (κ3) is 2.58. The van der Waals surface area contributed by atoms with E-state index in [2.05, 4.69) is 29.8 Å². The van der Waals surface area contributed by atoms with Crippen molar-refractivity contribution in [1.29, 1.82) is 0 Å². The minimum atomic E-state index is -0.458. The molecule has 0 spiro atoms. The van der Waals surface area contributed by atoms with Crippen molar-refractivity contribution in [3.05, 3.63) is 22.2 Å². The molecule has 2 atom stereocenters. The summed E-state index contributed by atoms with van der Waals surface area (Å²) in [5.41, 5.74) is 0.877. The van der Waals surface area contributed by atoms with E-state index in [9.17, 15) is 5.11 Å². The number of hydrogen-bond donors (Lipinski definition) is 1.